The zero-order valence-electron chi connectivity index (χ0n) is 13.8. The van der Waals surface area contributed by atoms with Crippen LogP contribution >= 0.6 is 35.3 Å². The monoisotopic (exact) mass is 445 g/mol. The lowest BCUT2D eigenvalue weighted by atomic mass is 10.2. The molecule has 2 aromatic rings. The number of benzene rings is 1. The summed E-state index contributed by atoms with van der Waals surface area (Å²) < 4.78 is 5.25. The van der Waals surface area contributed by atoms with Crippen molar-refractivity contribution in [2.75, 3.05) is 27.7 Å². The number of rotatable bonds is 6. The molecular weight excluding hydrogens is 421 g/mol. The Balaban J connectivity index is 0.00000264. The van der Waals surface area contributed by atoms with Crippen molar-refractivity contribution in [2.24, 2.45) is 4.99 Å². The van der Waals surface area contributed by atoms with Crippen molar-refractivity contribution < 1.29 is 4.74 Å². The predicted octanol–water partition coefficient (Wildman–Crippen LogP) is 3.62. The molecule has 0 fully saturated rings. The standard InChI is InChI=1S/C17H23N3OS.HI/c1-18-17(20(2)10-9-16-8-5-11-22-16)19-13-14-6-4-7-15(12-14)21-3;/h4-8,11-12H,9-10,13H2,1-3H3,(H,18,19);1H. The Morgan fingerprint density at radius 3 is 2.78 bits per heavy atom. The smallest absolute Gasteiger partial charge is 0.193 e. The minimum Gasteiger partial charge on any atom is -0.497 e. The van der Waals surface area contributed by atoms with Crippen LogP contribution in [0.1, 0.15) is 10.4 Å². The Morgan fingerprint density at radius 1 is 1.30 bits per heavy atom. The number of methoxy groups -OCH3 is 1. The highest BCUT2D eigenvalue weighted by atomic mass is 127. The van der Waals surface area contributed by atoms with Crippen LogP contribution in [0, 0.1) is 0 Å². The molecule has 0 unspecified atom stereocenters. The van der Waals surface area contributed by atoms with Gasteiger partial charge < -0.3 is 15.0 Å². The van der Waals surface area contributed by atoms with E-state index >= 15 is 0 Å². The fraction of sp³-hybridized carbons (Fsp3) is 0.353. The van der Waals surface area contributed by atoms with Gasteiger partial charge in [0.25, 0.3) is 0 Å². The van der Waals surface area contributed by atoms with E-state index in [1.54, 1.807) is 18.4 Å². The summed E-state index contributed by atoms with van der Waals surface area (Å²) in [6, 6.07) is 12.3. The second-order valence-corrected chi connectivity index (χ2v) is 6.04. The SMILES string of the molecule is CN=C(NCc1cccc(OC)c1)N(C)CCc1cccs1.I. The average Bonchev–Trinajstić information content (AvgIpc) is 3.07. The van der Waals surface area contributed by atoms with Crippen molar-refractivity contribution in [2.45, 2.75) is 13.0 Å². The van der Waals surface area contributed by atoms with E-state index in [0.717, 1.165) is 31.2 Å². The van der Waals surface area contributed by atoms with Crippen molar-refractivity contribution in [3.05, 3.63) is 52.2 Å². The van der Waals surface area contributed by atoms with Gasteiger partial charge in [-0.05, 0) is 35.6 Å². The number of hydrogen-bond acceptors (Lipinski definition) is 3. The first-order chi connectivity index (χ1) is 10.7. The molecule has 0 aliphatic carbocycles. The number of aliphatic imine (C=N–C) groups is 1. The van der Waals surface area contributed by atoms with Gasteiger partial charge in [0, 0.05) is 32.1 Å². The van der Waals surface area contributed by atoms with E-state index in [-0.39, 0.29) is 24.0 Å². The summed E-state index contributed by atoms with van der Waals surface area (Å²) in [6.07, 6.45) is 1.04. The quantitative estimate of drug-likeness (QED) is 0.419. The third-order valence-corrected chi connectivity index (χ3v) is 4.37. The molecule has 4 nitrogen and oxygen atoms in total. The van der Waals surface area contributed by atoms with Crippen LogP contribution in [0.2, 0.25) is 0 Å². The molecule has 0 bridgehead atoms. The maximum atomic E-state index is 5.25. The van der Waals surface area contributed by atoms with Crippen LogP contribution in [0.15, 0.2) is 46.8 Å². The maximum Gasteiger partial charge on any atom is 0.193 e. The van der Waals surface area contributed by atoms with Gasteiger partial charge in [-0.3, -0.25) is 4.99 Å². The molecule has 126 valence electrons. The van der Waals surface area contributed by atoms with Crippen LogP contribution in [0.5, 0.6) is 5.75 Å². The summed E-state index contributed by atoms with van der Waals surface area (Å²) in [5.74, 6) is 1.78. The number of thiophene rings is 1. The third kappa shape index (κ3) is 6.39. The normalized spacial score (nSPS) is 10.8. The first-order valence-electron chi connectivity index (χ1n) is 7.30. The van der Waals surface area contributed by atoms with Gasteiger partial charge in [-0.15, -0.1) is 35.3 Å². The third-order valence-electron chi connectivity index (χ3n) is 3.43. The molecule has 6 heteroatoms. The molecule has 1 N–H and O–H groups in total. The summed E-state index contributed by atoms with van der Waals surface area (Å²) in [7, 11) is 5.56. The zero-order valence-corrected chi connectivity index (χ0v) is 16.9. The number of ether oxygens (including phenoxy) is 1. The van der Waals surface area contributed by atoms with Crippen molar-refractivity contribution in [1.29, 1.82) is 0 Å². The average molecular weight is 445 g/mol. The second-order valence-electron chi connectivity index (χ2n) is 5.00. The molecule has 1 aromatic heterocycles. The molecule has 0 saturated heterocycles. The van der Waals surface area contributed by atoms with E-state index in [1.807, 2.05) is 25.2 Å². The van der Waals surface area contributed by atoms with Gasteiger partial charge in [0.1, 0.15) is 5.75 Å². The molecule has 23 heavy (non-hydrogen) atoms. The lowest BCUT2D eigenvalue weighted by Crippen LogP contribution is -2.39. The number of nitrogens with zero attached hydrogens (tertiary/aromatic N) is 2. The second kappa shape index (κ2) is 10.5. The highest BCUT2D eigenvalue weighted by Gasteiger charge is 2.06. The first-order valence-corrected chi connectivity index (χ1v) is 8.18. The molecule has 0 amide bonds. The maximum absolute atomic E-state index is 5.25. The number of halogens is 1. The Labute approximate surface area is 159 Å². The summed E-state index contributed by atoms with van der Waals surface area (Å²) in [5.41, 5.74) is 1.17. The highest BCUT2D eigenvalue weighted by molar-refractivity contribution is 14.0. The van der Waals surface area contributed by atoms with E-state index in [4.69, 9.17) is 4.74 Å². The molecule has 1 aromatic carbocycles. The van der Waals surface area contributed by atoms with E-state index in [2.05, 4.69) is 45.8 Å². The zero-order chi connectivity index (χ0) is 15.8. The van der Waals surface area contributed by atoms with Gasteiger partial charge in [0.15, 0.2) is 5.96 Å². The lowest BCUT2D eigenvalue weighted by Gasteiger charge is -2.22. The van der Waals surface area contributed by atoms with Gasteiger partial charge in [-0.25, -0.2) is 0 Å². The minimum absolute atomic E-state index is 0. The van der Waals surface area contributed by atoms with Crippen LogP contribution in [-0.2, 0) is 13.0 Å². The summed E-state index contributed by atoms with van der Waals surface area (Å²) >= 11 is 1.80. The molecule has 0 spiro atoms. The van der Waals surface area contributed by atoms with Crippen LogP contribution in [-0.4, -0.2) is 38.6 Å². The van der Waals surface area contributed by atoms with Crippen LogP contribution in [0.4, 0.5) is 0 Å². The Hall–Kier alpha value is -1.28. The summed E-state index contributed by atoms with van der Waals surface area (Å²) in [6.45, 7) is 1.67. The number of hydrogen-bond donors (Lipinski definition) is 1. The number of likely N-dealkylation sites (N-methyl/N-ethyl adjacent to an activating group) is 1. The Morgan fingerprint density at radius 2 is 2.13 bits per heavy atom. The van der Waals surface area contributed by atoms with Crippen molar-refractivity contribution in [3.8, 4) is 5.75 Å². The largest absolute Gasteiger partial charge is 0.497 e. The van der Waals surface area contributed by atoms with E-state index in [1.165, 1.54) is 10.4 Å². The minimum atomic E-state index is 0. The van der Waals surface area contributed by atoms with Crippen molar-refractivity contribution >= 4 is 41.3 Å². The Bertz CT molecular complexity index is 602. The van der Waals surface area contributed by atoms with Crippen LogP contribution in [0.3, 0.4) is 0 Å². The highest BCUT2D eigenvalue weighted by Crippen LogP contribution is 2.12. The molecule has 0 aliphatic rings. The molecule has 1 heterocycles. The summed E-state index contributed by atoms with van der Waals surface area (Å²) in [5, 5.41) is 5.51. The fourth-order valence-electron chi connectivity index (χ4n) is 2.19. The van der Waals surface area contributed by atoms with Gasteiger partial charge in [0.2, 0.25) is 0 Å². The molecule has 2 rings (SSSR count). The Kier molecular flexibility index (Phi) is 9.01. The van der Waals surface area contributed by atoms with Gasteiger partial charge in [-0.1, -0.05) is 18.2 Å². The topological polar surface area (TPSA) is 36.9 Å². The molecular formula is C17H24IN3OS. The lowest BCUT2D eigenvalue weighted by molar-refractivity contribution is 0.414. The number of guanidine groups is 1. The van der Waals surface area contributed by atoms with Crippen molar-refractivity contribution in [1.82, 2.24) is 10.2 Å². The van der Waals surface area contributed by atoms with E-state index in [0.29, 0.717) is 0 Å². The molecule has 0 aliphatic heterocycles. The predicted molar refractivity (Wildman–Crippen MR) is 109 cm³/mol. The first kappa shape index (κ1) is 19.8. The fourth-order valence-corrected chi connectivity index (χ4v) is 2.89. The molecule has 0 atom stereocenters. The van der Waals surface area contributed by atoms with Gasteiger partial charge in [-0.2, -0.15) is 0 Å². The van der Waals surface area contributed by atoms with Gasteiger partial charge >= 0.3 is 0 Å². The van der Waals surface area contributed by atoms with E-state index < -0.39 is 0 Å². The number of nitrogens with one attached hydrogen (secondary N) is 1. The van der Waals surface area contributed by atoms with E-state index in [9.17, 15) is 0 Å². The van der Waals surface area contributed by atoms with Crippen molar-refractivity contribution in [3.63, 3.8) is 0 Å². The van der Waals surface area contributed by atoms with Gasteiger partial charge in [0.05, 0.1) is 7.11 Å². The van der Waals surface area contributed by atoms with Crippen LogP contribution in [0.25, 0.3) is 0 Å². The summed E-state index contributed by atoms with van der Waals surface area (Å²) in [4.78, 5) is 7.90. The molecule has 0 saturated carbocycles. The van der Waals surface area contributed by atoms with Crippen LogP contribution < -0.4 is 10.1 Å². The molecule has 0 radical (unpaired) electrons.